The van der Waals surface area contributed by atoms with Crippen molar-refractivity contribution in [2.75, 3.05) is 0 Å². The van der Waals surface area contributed by atoms with Gasteiger partial charge >= 0.3 is 0 Å². The van der Waals surface area contributed by atoms with Gasteiger partial charge in [-0.2, -0.15) is 0 Å². The first-order chi connectivity index (χ1) is 29.2. The zero-order valence-corrected chi connectivity index (χ0v) is 40.9. The van der Waals surface area contributed by atoms with Crippen LogP contribution in [0.4, 0.5) is 0 Å². The van der Waals surface area contributed by atoms with Crippen molar-refractivity contribution in [2.45, 2.75) is 212 Å². The van der Waals surface area contributed by atoms with Crippen LogP contribution in [0.15, 0.2) is 85.2 Å². The molecule has 4 rings (SSSR count). The zero-order chi connectivity index (χ0) is 41.3. The number of aromatic hydroxyl groups is 2. The number of phenolic OH excluding ortho intramolecular Hbond substituents is 2. The average Bonchev–Trinajstić information content (AvgIpc) is 3.26. The van der Waals surface area contributed by atoms with Crippen LogP contribution < -0.4 is 0 Å². The van der Waals surface area contributed by atoms with Gasteiger partial charge in [0.25, 0.3) is 0 Å². The van der Waals surface area contributed by atoms with Gasteiger partial charge in [-0.3, -0.25) is 9.97 Å². The smallest absolute Gasteiger partial charge is 0.141 e. The van der Waals surface area contributed by atoms with Crippen molar-refractivity contribution in [3.8, 4) is 11.5 Å². The maximum atomic E-state index is 10.0. The Morgan fingerprint density at radius 1 is 0.333 bits per heavy atom. The van der Waals surface area contributed by atoms with Crippen LogP contribution >= 0.6 is 0 Å². The molecule has 0 saturated carbocycles. The van der Waals surface area contributed by atoms with E-state index in [0.29, 0.717) is 0 Å². The van der Waals surface area contributed by atoms with E-state index in [1.165, 1.54) is 210 Å². The van der Waals surface area contributed by atoms with Crippen molar-refractivity contribution >= 4 is 21.8 Å². The van der Waals surface area contributed by atoms with E-state index in [4.69, 9.17) is 0 Å². The summed E-state index contributed by atoms with van der Waals surface area (Å²) in [4.78, 5) is 8.69. The fourth-order valence-corrected chi connectivity index (χ4v) is 8.73. The molecule has 2 N–H and O–H groups in total. The molecule has 4 nitrogen and oxygen atoms in total. The topological polar surface area (TPSA) is 66.2 Å². The Morgan fingerprint density at radius 3 is 0.900 bits per heavy atom. The summed E-state index contributed by atoms with van der Waals surface area (Å²) in [7, 11) is 0. The molecular weight excluding hydrogens is 786 g/mol. The number of phenols is 2. The summed E-state index contributed by atoms with van der Waals surface area (Å²) in [6.45, 7) is 0. The first kappa shape index (κ1) is 51.3. The largest absolute Gasteiger partial charge is 0.506 e. The van der Waals surface area contributed by atoms with E-state index < -0.39 is 0 Å². The number of hydrogen-bond donors (Lipinski definition) is 2. The van der Waals surface area contributed by atoms with Crippen LogP contribution in [0.2, 0.25) is 0 Å². The van der Waals surface area contributed by atoms with Crippen LogP contribution in [-0.4, -0.2) is 20.2 Å². The Labute approximate surface area is 379 Å². The molecule has 2 aromatic carbocycles. The minimum absolute atomic E-state index is 0. The molecule has 2 heterocycles. The van der Waals surface area contributed by atoms with Crippen molar-refractivity contribution in [2.24, 2.45) is 0 Å². The van der Waals surface area contributed by atoms with Gasteiger partial charge in [-0.15, -0.1) is 0 Å². The number of rotatable bonds is 36. The van der Waals surface area contributed by atoms with Gasteiger partial charge in [0.2, 0.25) is 0 Å². The quantitative estimate of drug-likeness (QED) is 0.0271. The second-order valence-corrected chi connectivity index (χ2v) is 17.4. The Kier molecular flexibility index (Phi) is 29.5. The molecule has 60 heavy (non-hydrogen) atoms. The van der Waals surface area contributed by atoms with Crippen molar-refractivity contribution < 1.29 is 29.7 Å². The fourth-order valence-electron chi connectivity index (χ4n) is 8.73. The Balaban J connectivity index is 0.00000961. The van der Waals surface area contributed by atoms with Crippen molar-refractivity contribution in [3.05, 3.63) is 96.4 Å². The number of allylic oxidation sites excluding steroid dienone is 4. The minimum atomic E-state index is 0. The van der Waals surface area contributed by atoms with Crippen LogP contribution in [0.5, 0.6) is 11.5 Å². The summed E-state index contributed by atoms with van der Waals surface area (Å²) >= 11 is 0. The number of aryl methyl sites for hydroxylation is 2. The summed E-state index contributed by atoms with van der Waals surface area (Å²) in [6, 6.07) is 15.8. The number of nitrogens with zero attached hydrogens (tertiary/aromatic N) is 2. The number of aromatic nitrogens is 2. The summed E-state index contributed by atoms with van der Waals surface area (Å²) in [6.07, 6.45) is 57.4. The van der Waals surface area contributed by atoms with E-state index in [1.807, 2.05) is 12.1 Å². The molecule has 0 aliphatic heterocycles. The summed E-state index contributed by atoms with van der Waals surface area (Å²) in [5.41, 5.74) is 4.08. The number of fused-ring (bicyclic) bond motifs is 2. The van der Waals surface area contributed by atoms with E-state index in [1.54, 1.807) is 24.5 Å². The summed E-state index contributed by atoms with van der Waals surface area (Å²) in [5, 5.41) is 22.3. The predicted molar refractivity (Wildman–Crippen MR) is 256 cm³/mol. The molecule has 0 unspecified atom stereocenters. The van der Waals surface area contributed by atoms with E-state index in [2.05, 4.69) is 58.5 Å². The predicted octanol–water partition coefficient (Wildman–Crippen LogP) is 17.2. The molecule has 0 bridgehead atoms. The Morgan fingerprint density at radius 2 is 0.600 bits per heavy atom. The number of pyridine rings is 2. The second kappa shape index (κ2) is 34.5. The van der Waals surface area contributed by atoms with Gasteiger partial charge < -0.3 is 10.2 Å². The molecule has 0 aliphatic carbocycles. The number of benzene rings is 2. The summed E-state index contributed by atoms with van der Waals surface area (Å²) in [5.74, 6) is 0.565. The van der Waals surface area contributed by atoms with Crippen LogP contribution in [0.1, 0.15) is 210 Å². The van der Waals surface area contributed by atoms with E-state index >= 15 is 0 Å². The van der Waals surface area contributed by atoms with Crippen molar-refractivity contribution in [3.63, 3.8) is 0 Å². The molecule has 326 valence electrons. The fraction of sp³-hybridized carbons (Fsp3) is 0.600. The standard InChI is InChI=1S/C55H82N2O2.Zn/c58-52-44-42-48(50-40-36-46-56-54(50)52)38-34-32-30-28-26-24-22-20-18-16-14-12-10-8-6-4-2-1-3-5-7-9-11-13-15-17-19-21-23-25-27-29-31-33-35-39-49-43-45-53(59)55-51(49)41-37-47-57-55;/h18-21,36-37,40-47,58-59H,1-17,22-35,38-39H2;/b20-18-,21-19-;. The van der Waals surface area contributed by atoms with Crippen molar-refractivity contribution in [1.29, 1.82) is 0 Å². The monoisotopic (exact) mass is 867 g/mol. The molecule has 0 spiro atoms. The molecule has 0 atom stereocenters. The van der Waals surface area contributed by atoms with Gasteiger partial charge in [-0.05, 0) is 112 Å². The SMILES string of the molecule is Oc1ccc(CCCCCCCC/C=C\CCCCCCCCCCCCCCCCC/C=C\CCCCCCCCc2ccc(O)c3ncccc23)c2cccnc12.[Zn]. The van der Waals surface area contributed by atoms with Crippen LogP contribution in [0.25, 0.3) is 21.8 Å². The van der Waals surface area contributed by atoms with Gasteiger partial charge in [0.15, 0.2) is 0 Å². The van der Waals surface area contributed by atoms with E-state index in [0.717, 1.165) is 34.6 Å². The first-order valence-electron chi connectivity index (χ1n) is 24.6. The normalized spacial score (nSPS) is 11.7. The molecule has 0 fully saturated rings. The molecule has 5 heteroatoms. The van der Waals surface area contributed by atoms with Crippen molar-refractivity contribution in [1.82, 2.24) is 9.97 Å². The third-order valence-electron chi connectivity index (χ3n) is 12.4. The molecule has 0 aliphatic rings. The van der Waals surface area contributed by atoms with Gasteiger partial charge in [0.1, 0.15) is 22.5 Å². The molecule has 0 radical (unpaired) electrons. The van der Waals surface area contributed by atoms with Gasteiger partial charge in [0, 0.05) is 42.6 Å². The van der Waals surface area contributed by atoms with Crippen LogP contribution in [-0.2, 0) is 32.3 Å². The molecule has 4 aromatic rings. The molecule has 0 saturated heterocycles. The second-order valence-electron chi connectivity index (χ2n) is 17.4. The summed E-state index contributed by atoms with van der Waals surface area (Å²) < 4.78 is 0. The third kappa shape index (κ3) is 22.2. The molecule has 2 aromatic heterocycles. The Hall–Kier alpha value is -3.04. The Bertz CT molecular complexity index is 1590. The maximum Gasteiger partial charge on any atom is 0.141 e. The van der Waals surface area contributed by atoms with Gasteiger partial charge in [-0.25, -0.2) is 0 Å². The van der Waals surface area contributed by atoms with Gasteiger partial charge in [0.05, 0.1) is 0 Å². The first-order valence-corrected chi connectivity index (χ1v) is 24.6. The zero-order valence-electron chi connectivity index (χ0n) is 37.9. The van der Waals surface area contributed by atoms with E-state index in [-0.39, 0.29) is 31.0 Å². The van der Waals surface area contributed by atoms with Crippen LogP contribution in [0, 0.1) is 0 Å². The third-order valence-corrected chi connectivity index (χ3v) is 12.4. The number of unbranched alkanes of at least 4 members (excludes halogenated alkanes) is 28. The van der Waals surface area contributed by atoms with Crippen LogP contribution in [0.3, 0.4) is 0 Å². The minimum Gasteiger partial charge on any atom is -0.506 e. The maximum absolute atomic E-state index is 10.0. The molecular formula is C55H82N2O2Zn. The van der Waals surface area contributed by atoms with Gasteiger partial charge in [-0.1, -0.05) is 183 Å². The molecule has 0 amide bonds. The number of hydrogen-bond acceptors (Lipinski definition) is 4. The van der Waals surface area contributed by atoms with E-state index in [9.17, 15) is 10.2 Å². The average molecular weight is 869 g/mol.